The minimum Gasteiger partial charge on any atom is -0.361 e. The van der Waals surface area contributed by atoms with E-state index in [0.29, 0.717) is 6.54 Å². The molecule has 0 spiro atoms. The first-order valence-electron chi connectivity index (χ1n) is 7.75. The van der Waals surface area contributed by atoms with E-state index in [1.165, 1.54) is 21.9 Å². The molecule has 0 bridgehead atoms. The molecule has 2 aromatic rings. The lowest BCUT2D eigenvalue weighted by molar-refractivity contribution is -0.139. The Morgan fingerprint density at radius 2 is 1.81 bits per heavy atom. The van der Waals surface area contributed by atoms with E-state index in [1.807, 2.05) is 30.3 Å². The normalized spacial score (nSPS) is 12.9. The highest BCUT2D eigenvalue weighted by atomic mass is 16.5. The lowest BCUT2D eigenvalue weighted by Gasteiger charge is -2.25. The molecule has 0 aliphatic carbocycles. The van der Waals surface area contributed by atoms with Crippen molar-refractivity contribution in [3.05, 3.63) is 58.4 Å². The molecule has 3 heteroatoms. The number of aromatic amines is 1. The molecule has 21 heavy (non-hydrogen) atoms. The zero-order chi connectivity index (χ0) is 15.4. The fourth-order valence-corrected chi connectivity index (χ4v) is 3.12. The van der Waals surface area contributed by atoms with Crippen LogP contribution in [0.1, 0.15) is 54.4 Å². The summed E-state index contributed by atoms with van der Waals surface area (Å²) in [5.74, 6) is 0. The third-order valence-electron chi connectivity index (χ3n) is 4.25. The number of hydrogen-bond donors (Lipinski definition) is 2. The zero-order valence-electron chi connectivity index (χ0n) is 13.5. The molecule has 2 rings (SSSR count). The van der Waals surface area contributed by atoms with Crippen molar-refractivity contribution >= 4 is 0 Å². The number of aryl methyl sites for hydroxylation is 1. The second-order valence-corrected chi connectivity index (χ2v) is 5.63. The summed E-state index contributed by atoms with van der Waals surface area (Å²) in [5, 5.41) is 12.0. The lowest BCUT2D eigenvalue weighted by Crippen LogP contribution is -2.25. The lowest BCUT2D eigenvalue weighted by atomic mass is 10.0. The Morgan fingerprint density at radius 1 is 1.14 bits per heavy atom. The largest absolute Gasteiger partial charge is 0.361 e. The maximum absolute atomic E-state index is 10.5. The van der Waals surface area contributed by atoms with Crippen LogP contribution < -0.4 is 0 Å². The van der Waals surface area contributed by atoms with Gasteiger partial charge in [0.2, 0.25) is 0 Å². The molecule has 0 amide bonds. The zero-order valence-corrected chi connectivity index (χ0v) is 13.5. The summed E-state index contributed by atoms with van der Waals surface area (Å²) in [5.41, 5.74) is 6.14. The molecule has 114 valence electrons. The van der Waals surface area contributed by atoms with Crippen LogP contribution in [0.5, 0.6) is 0 Å². The smallest absolute Gasteiger partial charge is 0.0753 e. The number of benzene rings is 1. The van der Waals surface area contributed by atoms with E-state index >= 15 is 0 Å². The minimum atomic E-state index is 0.00389. The quantitative estimate of drug-likeness (QED) is 0.765. The van der Waals surface area contributed by atoms with Gasteiger partial charge in [0.1, 0.15) is 0 Å². The highest BCUT2D eigenvalue weighted by Crippen LogP contribution is 2.29. The molecule has 0 aliphatic rings. The SMILES string of the molecule is CCc1c(C)[nH]c(C(CC)N(O)Cc2ccccc2)c1C. The van der Waals surface area contributed by atoms with Crippen LogP contribution in [0.15, 0.2) is 30.3 Å². The Morgan fingerprint density at radius 3 is 2.33 bits per heavy atom. The van der Waals surface area contributed by atoms with E-state index in [1.54, 1.807) is 0 Å². The average molecular weight is 286 g/mol. The molecule has 2 N–H and O–H groups in total. The molecule has 1 unspecified atom stereocenters. The van der Waals surface area contributed by atoms with E-state index in [-0.39, 0.29) is 6.04 Å². The van der Waals surface area contributed by atoms with Gasteiger partial charge < -0.3 is 10.2 Å². The van der Waals surface area contributed by atoms with Gasteiger partial charge in [0, 0.05) is 17.9 Å². The number of hydroxylamine groups is 2. The third kappa shape index (κ3) is 3.36. The highest BCUT2D eigenvalue weighted by molar-refractivity contribution is 5.37. The second-order valence-electron chi connectivity index (χ2n) is 5.63. The minimum absolute atomic E-state index is 0.00389. The van der Waals surface area contributed by atoms with Crippen molar-refractivity contribution in [2.24, 2.45) is 0 Å². The number of H-pyrrole nitrogens is 1. The number of nitrogens with one attached hydrogen (secondary N) is 1. The van der Waals surface area contributed by atoms with Crippen LogP contribution in [-0.4, -0.2) is 15.3 Å². The molecule has 3 nitrogen and oxygen atoms in total. The summed E-state index contributed by atoms with van der Waals surface area (Å²) < 4.78 is 0. The molecule has 0 aliphatic heterocycles. The van der Waals surface area contributed by atoms with Crippen molar-refractivity contribution in [1.29, 1.82) is 0 Å². The van der Waals surface area contributed by atoms with Crippen LogP contribution in [0.4, 0.5) is 0 Å². The van der Waals surface area contributed by atoms with Gasteiger partial charge in [-0.15, -0.1) is 0 Å². The molecular weight excluding hydrogens is 260 g/mol. The van der Waals surface area contributed by atoms with Crippen LogP contribution >= 0.6 is 0 Å². The van der Waals surface area contributed by atoms with Gasteiger partial charge in [-0.25, -0.2) is 0 Å². The number of rotatable bonds is 6. The molecule has 1 heterocycles. The van der Waals surface area contributed by atoms with Crippen LogP contribution in [0, 0.1) is 13.8 Å². The maximum atomic E-state index is 10.5. The maximum Gasteiger partial charge on any atom is 0.0753 e. The van der Waals surface area contributed by atoms with Crippen LogP contribution in [0.2, 0.25) is 0 Å². The van der Waals surface area contributed by atoms with Gasteiger partial charge in [-0.05, 0) is 43.4 Å². The molecule has 1 atom stereocenters. The van der Waals surface area contributed by atoms with Crippen molar-refractivity contribution in [3.8, 4) is 0 Å². The summed E-state index contributed by atoms with van der Waals surface area (Å²) in [7, 11) is 0. The summed E-state index contributed by atoms with van der Waals surface area (Å²) in [6.45, 7) is 9.09. The summed E-state index contributed by atoms with van der Waals surface area (Å²) >= 11 is 0. The average Bonchev–Trinajstić information content (AvgIpc) is 2.75. The van der Waals surface area contributed by atoms with Crippen LogP contribution in [0.25, 0.3) is 0 Å². The van der Waals surface area contributed by atoms with Crippen molar-refractivity contribution < 1.29 is 5.21 Å². The third-order valence-corrected chi connectivity index (χ3v) is 4.25. The number of hydrogen-bond acceptors (Lipinski definition) is 2. The fraction of sp³-hybridized carbons (Fsp3) is 0.444. The second kappa shape index (κ2) is 6.92. The highest BCUT2D eigenvalue weighted by Gasteiger charge is 2.22. The Kier molecular flexibility index (Phi) is 5.21. The van der Waals surface area contributed by atoms with E-state index in [2.05, 4.69) is 32.7 Å². The van der Waals surface area contributed by atoms with Gasteiger partial charge in [-0.2, -0.15) is 5.06 Å². The first kappa shape index (κ1) is 15.8. The van der Waals surface area contributed by atoms with Gasteiger partial charge in [0.05, 0.1) is 6.04 Å². The molecule has 1 aromatic heterocycles. The van der Waals surface area contributed by atoms with Crippen molar-refractivity contribution in [1.82, 2.24) is 10.0 Å². The van der Waals surface area contributed by atoms with Gasteiger partial charge >= 0.3 is 0 Å². The van der Waals surface area contributed by atoms with Crippen molar-refractivity contribution in [2.75, 3.05) is 0 Å². The van der Waals surface area contributed by atoms with Crippen LogP contribution in [-0.2, 0) is 13.0 Å². The van der Waals surface area contributed by atoms with Crippen LogP contribution in [0.3, 0.4) is 0 Å². The Balaban J connectivity index is 2.23. The standard InChI is InChI=1S/C18H26N2O/c1-5-16-13(3)18(19-14(16)4)17(6-2)20(21)12-15-10-8-7-9-11-15/h7-11,17,19,21H,5-6,12H2,1-4H3. The monoisotopic (exact) mass is 286 g/mol. The molecule has 0 saturated carbocycles. The summed E-state index contributed by atoms with van der Waals surface area (Å²) in [6.07, 6.45) is 1.89. The van der Waals surface area contributed by atoms with Gasteiger partial charge in [0.15, 0.2) is 0 Å². The Hall–Kier alpha value is -1.58. The Labute approximate surface area is 127 Å². The molecule has 0 fully saturated rings. The van der Waals surface area contributed by atoms with E-state index in [0.717, 1.165) is 24.1 Å². The van der Waals surface area contributed by atoms with E-state index in [9.17, 15) is 5.21 Å². The van der Waals surface area contributed by atoms with Gasteiger partial charge in [-0.3, -0.25) is 0 Å². The predicted molar refractivity (Wildman–Crippen MR) is 86.4 cm³/mol. The summed E-state index contributed by atoms with van der Waals surface area (Å²) in [6, 6.07) is 10.1. The molecular formula is C18H26N2O. The van der Waals surface area contributed by atoms with Crippen molar-refractivity contribution in [3.63, 3.8) is 0 Å². The number of aromatic nitrogens is 1. The van der Waals surface area contributed by atoms with Gasteiger partial charge in [-0.1, -0.05) is 44.2 Å². The molecule has 1 aromatic carbocycles. The molecule has 0 saturated heterocycles. The first-order valence-corrected chi connectivity index (χ1v) is 7.75. The topological polar surface area (TPSA) is 39.3 Å². The van der Waals surface area contributed by atoms with E-state index in [4.69, 9.17) is 0 Å². The number of nitrogens with zero attached hydrogens (tertiary/aromatic N) is 1. The van der Waals surface area contributed by atoms with Gasteiger partial charge in [0.25, 0.3) is 0 Å². The molecule has 0 radical (unpaired) electrons. The summed E-state index contributed by atoms with van der Waals surface area (Å²) in [4.78, 5) is 3.48. The first-order chi connectivity index (χ1) is 10.1. The van der Waals surface area contributed by atoms with E-state index < -0.39 is 0 Å². The predicted octanol–water partition coefficient (Wildman–Crippen LogP) is 4.54. The van der Waals surface area contributed by atoms with Crippen molar-refractivity contribution in [2.45, 2.75) is 53.1 Å². The fourth-order valence-electron chi connectivity index (χ4n) is 3.12. The Bertz CT molecular complexity index is 574.